The number of aromatic hydroxyl groups is 1. The standard InChI is InChI=1S/C25H38N4O6/c1-6-8-11-14-27-22(32)21(17-12-9-10-13-19(17)30)29(15-7-2)23(33)18(16-20(26)31)28-24(34)35-25(3,4)5/h7,9-10,12-13,18,21,30H,2,6,8,11,14-16H2,1,3-5H3,(H2,26,31)(H,27,32)(H,28,34). The van der Waals surface area contributed by atoms with E-state index in [4.69, 9.17) is 10.5 Å². The fourth-order valence-corrected chi connectivity index (χ4v) is 3.37. The summed E-state index contributed by atoms with van der Waals surface area (Å²) in [6, 6.07) is 3.50. The first-order valence-electron chi connectivity index (χ1n) is 11.7. The number of nitrogens with one attached hydrogen (secondary N) is 2. The number of carbonyl (C=O) groups excluding carboxylic acids is 4. The first kappa shape index (κ1) is 29.5. The summed E-state index contributed by atoms with van der Waals surface area (Å²) in [7, 11) is 0. The van der Waals surface area contributed by atoms with Gasteiger partial charge < -0.3 is 31.1 Å². The number of phenols is 1. The van der Waals surface area contributed by atoms with Crippen LogP contribution in [0, 0.1) is 0 Å². The second-order valence-corrected chi connectivity index (χ2v) is 9.11. The lowest BCUT2D eigenvalue weighted by atomic mass is 10.0. The molecule has 2 unspecified atom stereocenters. The second-order valence-electron chi connectivity index (χ2n) is 9.11. The van der Waals surface area contributed by atoms with E-state index in [0.29, 0.717) is 6.54 Å². The van der Waals surface area contributed by atoms with Gasteiger partial charge in [-0.3, -0.25) is 14.4 Å². The zero-order chi connectivity index (χ0) is 26.6. The van der Waals surface area contributed by atoms with E-state index >= 15 is 0 Å². The van der Waals surface area contributed by atoms with E-state index in [1.807, 2.05) is 6.92 Å². The zero-order valence-electron chi connectivity index (χ0n) is 21.0. The molecule has 0 aromatic heterocycles. The van der Waals surface area contributed by atoms with E-state index in [1.165, 1.54) is 18.2 Å². The molecule has 1 rings (SSSR count). The number of amides is 4. The molecule has 0 saturated heterocycles. The van der Waals surface area contributed by atoms with Crippen LogP contribution >= 0.6 is 0 Å². The maximum Gasteiger partial charge on any atom is 0.408 e. The Hall–Kier alpha value is -3.56. The van der Waals surface area contributed by atoms with Crippen molar-refractivity contribution in [2.75, 3.05) is 13.1 Å². The summed E-state index contributed by atoms with van der Waals surface area (Å²) >= 11 is 0. The van der Waals surface area contributed by atoms with E-state index in [1.54, 1.807) is 32.9 Å². The van der Waals surface area contributed by atoms with Crippen LogP contribution in [-0.2, 0) is 19.1 Å². The van der Waals surface area contributed by atoms with Gasteiger partial charge in [0.05, 0.1) is 6.42 Å². The minimum absolute atomic E-state index is 0.106. The van der Waals surface area contributed by atoms with E-state index in [2.05, 4.69) is 17.2 Å². The largest absolute Gasteiger partial charge is 0.508 e. The Balaban J connectivity index is 3.38. The monoisotopic (exact) mass is 490 g/mol. The molecule has 35 heavy (non-hydrogen) atoms. The highest BCUT2D eigenvalue weighted by atomic mass is 16.6. The fourth-order valence-electron chi connectivity index (χ4n) is 3.37. The number of unbranched alkanes of at least 4 members (excludes halogenated alkanes) is 2. The highest BCUT2D eigenvalue weighted by Gasteiger charge is 2.37. The van der Waals surface area contributed by atoms with Gasteiger partial charge in [-0.15, -0.1) is 6.58 Å². The number of benzene rings is 1. The van der Waals surface area contributed by atoms with Gasteiger partial charge in [0.25, 0.3) is 0 Å². The predicted octanol–water partition coefficient (Wildman–Crippen LogP) is 2.52. The summed E-state index contributed by atoms with van der Waals surface area (Å²) in [5.41, 5.74) is 4.67. The lowest BCUT2D eigenvalue weighted by Gasteiger charge is -2.33. The number of carbonyl (C=O) groups is 4. The second kappa shape index (κ2) is 14.0. The van der Waals surface area contributed by atoms with Gasteiger partial charge in [-0.05, 0) is 33.3 Å². The van der Waals surface area contributed by atoms with Crippen molar-refractivity contribution in [2.45, 2.75) is 71.1 Å². The summed E-state index contributed by atoms with van der Waals surface area (Å²) in [6.45, 7) is 10.9. The molecule has 0 radical (unpaired) electrons. The number of ether oxygens (including phenoxy) is 1. The van der Waals surface area contributed by atoms with E-state index in [9.17, 15) is 24.3 Å². The zero-order valence-corrected chi connectivity index (χ0v) is 21.0. The summed E-state index contributed by atoms with van der Waals surface area (Å²) in [6.07, 6.45) is 2.60. The lowest BCUT2D eigenvalue weighted by molar-refractivity contribution is -0.142. The van der Waals surface area contributed by atoms with Crippen molar-refractivity contribution in [1.29, 1.82) is 0 Å². The number of nitrogens with zero attached hydrogens (tertiary/aromatic N) is 1. The van der Waals surface area contributed by atoms with Gasteiger partial charge in [-0.2, -0.15) is 0 Å². The van der Waals surface area contributed by atoms with Crippen molar-refractivity contribution in [1.82, 2.24) is 15.5 Å². The molecule has 0 spiro atoms. The third kappa shape index (κ3) is 10.1. The van der Waals surface area contributed by atoms with Gasteiger partial charge >= 0.3 is 6.09 Å². The Morgan fingerprint density at radius 3 is 2.40 bits per heavy atom. The molecule has 0 aliphatic rings. The predicted molar refractivity (Wildman–Crippen MR) is 132 cm³/mol. The van der Waals surface area contributed by atoms with Gasteiger partial charge in [-0.25, -0.2) is 4.79 Å². The Labute approximate surface area is 206 Å². The van der Waals surface area contributed by atoms with Crippen LogP contribution in [0.4, 0.5) is 4.79 Å². The molecule has 0 heterocycles. The minimum Gasteiger partial charge on any atom is -0.508 e. The average molecular weight is 491 g/mol. The van der Waals surface area contributed by atoms with E-state index in [-0.39, 0.29) is 17.9 Å². The molecule has 1 aromatic rings. The summed E-state index contributed by atoms with van der Waals surface area (Å²) in [5, 5.41) is 15.7. The molecule has 5 N–H and O–H groups in total. The lowest BCUT2D eigenvalue weighted by Crippen LogP contribution is -2.54. The van der Waals surface area contributed by atoms with Crippen LogP contribution in [0.25, 0.3) is 0 Å². The Morgan fingerprint density at radius 1 is 1.20 bits per heavy atom. The van der Waals surface area contributed by atoms with Gasteiger partial charge in [0, 0.05) is 18.7 Å². The third-order valence-corrected chi connectivity index (χ3v) is 4.87. The van der Waals surface area contributed by atoms with Crippen molar-refractivity contribution in [3.8, 4) is 5.75 Å². The highest BCUT2D eigenvalue weighted by molar-refractivity contribution is 5.94. The van der Waals surface area contributed by atoms with Crippen molar-refractivity contribution in [3.63, 3.8) is 0 Å². The molecule has 1 aromatic carbocycles. The van der Waals surface area contributed by atoms with Crippen LogP contribution in [0.15, 0.2) is 36.9 Å². The summed E-state index contributed by atoms with van der Waals surface area (Å²) < 4.78 is 5.22. The number of para-hydroxylation sites is 1. The summed E-state index contributed by atoms with van der Waals surface area (Å²) in [4.78, 5) is 52.1. The fraction of sp³-hybridized carbons (Fsp3) is 0.520. The topological polar surface area (TPSA) is 151 Å². The van der Waals surface area contributed by atoms with Crippen LogP contribution < -0.4 is 16.4 Å². The third-order valence-electron chi connectivity index (χ3n) is 4.87. The van der Waals surface area contributed by atoms with Gasteiger partial charge in [-0.1, -0.05) is 44.0 Å². The number of alkyl carbamates (subject to hydrolysis) is 1. The molecular formula is C25H38N4O6. The molecule has 0 saturated carbocycles. The van der Waals surface area contributed by atoms with Crippen LogP contribution in [0.1, 0.15) is 65.0 Å². The molecule has 2 atom stereocenters. The summed E-state index contributed by atoms with van der Waals surface area (Å²) in [5.74, 6) is -2.30. The molecule has 0 aliphatic heterocycles. The van der Waals surface area contributed by atoms with E-state index < -0.39 is 47.9 Å². The quantitative estimate of drug-likeness (QED) is 0.246. The first-order chi connectivity index (χ1) is 16.4. The molecular weight excluding hydrogens is 452 g/mol. The molecule has 194 valence electrons. The van der Waals surface area contributed by atoms with Gasteiger partial charge in [0.1, 0.15) is 23.4 Å². The number of nitrogens with two attached hydrogens (primary N) is 1. The molecule has 0 fully saturated rings. The molecule has 0 bridgehead atoms. The maximum atomic E-state index is 13.6. The number of rotatable bonds is 13. The van der Waals surface area contributed by atoms with Crippen molar-refractivity contribution >= 4 is 23.8 Å². The Morgan fingerprint density at radius 2 is 1.86 bits per heavy atom. The van der Waals surface area contributed by atoms with Gasteiger partial charge in [0.2, 0.25) is 17.7 Å². The Kier molecular flexibility index (Phi) is 11.8. The Bertz CT molecular complexity index is 896. The van der Waals surface area contributed by atoms with Crippen molar-refractivity contribution in [2.24, 2.45) is 5.73 Å². The number of primary amides is 1. The number of phenolic OH excluding ortho intramolecular Hbond substituents is 1. The molecule has 10 heteroatoms. The van der Waals surface area contributed by atoms with Crippen molar-refractivity contribution in [3.05, 3.63) is 42.5 Å². The number of hydrogen-bond acceptors (Lipinski definition) is 6. The van der Waals surface area contributed by atoms with Gasteiger partial charge in [0.15, 0.2) is 0 Å². The van der Waals surface area contributed by atoms with Crippen LogP contribution in [0.3, 0.4) is 0 Å². The smallest absolute Gasteiger partial charge is 0.408 e. The van der Waals surface area contributed by atoms with Crippen LogP contribution in [0.2, 0.25) is 0 Å². The first-order valence-corrected chi connectivity index (χ1v) is 11.7. The minimum atomic E-state index is -1.40. The highest BCUT2D eigenvalue weighted by Crippen LogP contribution is 2.30. The van der Waals surface area contributed by atoms with E-state index in [0.717, 1.165) is 24.2 Å². The molecule has 4 amide bonds. The van der Waals surface area contributed by atoms with Crippen LogP contribution in [0.5, 0.6) is 5.75 Å². The average Bonchev–Trinajstić information content (AvgIpc) is 2.75. The SMILES string of the molecule is C=CCN(C(=O)C(CC(N)=O)NC(=O)OC(C)(C)C)C(C(=O)NCCCCC)c1ccccc1O. The maximum absolute atomic E-state index is 13.6. The molecule has 10 nitrogen and oxygen atoms in total. The molecule has 0 aliphatic carbocycles. The van der Waals surface area contributed by atoms with Crippen molar-refractivity contribution < 1.29 is 29.0 Å². The normalized spacial score (nSPS) is 12.7. The van der Waals surface area contributed by atoms with Crippen LogP contribution in [-0.4, -0.2) is 58.6 Å². The number of hydrogen-bond donors (Lipinski definition) is 4.